The first-order chi connectivity index (χ1) is 5.72. The number of nitrogens with two attached hydrogens (primary N) is 1. The van der Waals surface area contributed by atoms with Crippen LogP contribution in [0.25, 0.3) is 0 Å². The lowest BCUT2D eigenvalue weighted by Gasteiger charge is -2.11. The van der Waals surface area contributed by atoms with Crippen LogP contribution in [0, 0.1) is 12.5 Å². The second-order valence-corrected chi connectivity index (χ2v) is 2.29. The predicted molar refractivity (Wildman–Crippen MR) is 46.0 cm³/mol. The van der Waals surface area contributed by atoms with Crippen LogP contribution in [0.3, 0.4) is 0 Å². The van der Waals surface area contributed by atoms with Gasteiger partial charge in [0.1, 0.15) is 6.73 Å². The number of nitrogens with zero attached hydrogens (tertiary/aromatic N) is 1. The molecule has 0 aliphatic carbocycles. The van der Waals surface area contributed by atoms with Crippen LogP contribution in [0.15, 0.2) is 0 Å². The third kappa shape index (κ3) is 4.58. The minimum absolute atomic E-state index is 0.0752. The van der Waals surface area contributed by atoms with Crippen LogP contribution in [-0.4, -0.2) is 24.3 Å². The summed E-state index contributed by atoms with van der Waals surface area (Å²) in [5.41, 5.74) is 4.93. The molecular weight excluding hydrogens is 156 g/mol. The SMILES string of the molecule is C#CN(COCCCC)C(N)=O. The van der Waals surface area contributed by atoms with Gasteiger partial charge in [-0.25, -0.2) is 9.69 Å². The molecule has 0 aromatic carbocycles. The van der Waals surface area contributed by atoms with Crippen molar-refractivity contribution in [3.05, 3.63) is 0 Å². The van der Waals surface area contributed by atoms with Crippen molar-refractivity contribution in [2.75, 3.05) is 13.3 Å². The number of rotatable bonds is 5. The van der Waals surface area contributed by atoms with Crippen molar-refractivity contribution in [3.63, 3.8) is 0 Å². The molecular formula is C8H14N2O2. The quantitative estimate of drug-likeness (QED) is 0.286. The largest absolute Gasteiger partial charge is 0.360 e. The molecule has 2 N–H and O–H groups in total. The van der Waals surface area contributed by atoms with E-state index in [1.165, 1.54) is 0 Å². The first kappa shape index (κ1) is 10.8. The maximum absolute atomic E-state index is 10.5. The van der Waals surface area contributed by atoms with Gasteiger partial charge in [-0.2, -0.15) is 0 Å². The summed E-state index contributed by atoms with van der Waals surface area (Å²) in [5.74, 6) is 0. The number of hydrogen-bond acceptors (Lipinski definition) is 2. The predicted octanol–water partition coefficient (Wildman–Crippen LogP) is 0.732. The summed E-state index contributed by atoms with van der Waals surface area (Å²) in [4.78, 5) is 11.5. The molecule has 0 unspecified atom stereocenters. The lowest BCUT2D eigenvalue weighted by atomic mass is 10.4. The Bertz CT molecular complexity index is 174. The highest BCUT2D eigenvalue weighted by atomic mass is 16.5. The minimum Gasteiger partial charge on any atom is -0.360 e. The van der Waals surface area contributed by atoms with Crippen molar-refractivity contribution in [2.24, 2.45) is 5.73 Å². The zero-order valence-corrected chi connectivity index (χ0v) is 7.25. The molecule has 0 aromatic heterocycles. The average molecular weight is 170 g/mol. The van der Waals surface area contributed by atoms with Crippen LogP contribution in [-0.2, 0) is 4.74 Å². The van der Waals surface area contributed by atoms with Crippen LogP contribution in [0.5, 0.6) is 0 Å². The first-order valence-corrected chi connectivity index (χ1v) is 3.83. The van der Waals surface area contributed by atoms with Gasteiger partial charge in [-0.3, -0.25) is 0 Å². The second-order valence-electron chi connectivity index (χ2n) is 2.29. The van der Waals surface area contributed by atoms with Crippen molar-refractivity contribution in [3.8, 4) is 12.5 Å². The van der Waals surface area contributed by atoms with Crippen LogP contribution < -0.4 is 5.73 Å². The third-order valence-electron chi connectivity index (χ3n) is 1.28. The van der Waals surface area contributed by atoms with E-state index in [-0.39, 0.29) is 6.73 Å². The molecule has 0 spiro atoms. The lowest BCUT2D eigenvalue weighted by molar-refractivity contribution is 0.0729. The number of amides is 2. The molecule has 0 radical (unpaired) electrons. The average Bonchev–Trinajstić information content (AvgIpc) is 2.04. The molecule has 0 aliphatic heterocycles. The van der Waals surface area contributed by atoms with Gasteiger partial charge in [0, 0.05) is 12.7 Å². The van der Waals surface area contributed by atoms with Gasteiger partial charge < -0.3 is 10.5 Å². The van der Waals surface area contributed by atoms with Crippen LogP contribution in [0.2, 0.25) is 0 Å². The van der Waals surface area contributed by atoms with Gasteiger partial charge in [-0.1, -0.05) is 19.8 Å². The maximum Gasteiger partial charge on any atom is 0.328 e. The van der Waals surface area contributed by atoms with E-state index < -0.39 is 6.03 Å². The smallest absolute Gasteiger partial charge is 0.328 e. The fraction of sp³-hybridized carbons (Fsp3) is 0.625. The van der Waals surface area contributed by atoms with E-state index in [1.54, 1.807) is 0 Å². The van der Waals surface area contributed by atoms with Gasteiger partial charge in [-0.05, 0) is 6.42 Å². The number of unbranched alkanes of at least 4 members (excludes halogenated alkanes) is 1. The fourth-order valence-electron chi connectivity index (χ4n) is 0.567. The number of carbonyl (C=O) groups excluding carboxylic acids is 1. The van der Waals surface area contributed by atoms with Gasteiger partial charge in [0.25, 0.3) is 0 Å². The molecule has 4 heteroatoms. The van der Waals surface area contributed by atoms with E-state index in [2.05, 4.69) is 13.0 Å². The van der Waals surface area contributed by atoms with E-state index in [4.69, 9.17) is 16.9 Å². The lowest BCUT2D eigenvalue weighted by Crippen LogP contribution is -2.33. The van der Waals surface area contributed by atoms with E-state index in [0.717, 1.165) is 17.7 Å². The Morgan fingerprint density at radius 2 is 2.42 bits per heavy atom. The van der Waals surface area contributed by atoms with E-state index in [1.807, 2.05) is 0 Å². The number of carbonyl (C=O) groups is 1. The molecule has 0 bridgehead atoms. The first-order valence-electron chi connectivity index (χ1n) is 3.83. The summed E-state index contributed by atoms with van der Waals surface area (Å²) in [7, 11) is 0. The van der Waals surface area contributed by atoms with Gasteiger partial charge in [0.05, 0.1) is 0 Å². The Morgan fingerprint density at radius 3 is 2.83 bits per heavy atom. The molecule has 12 heavy (non-hydrogen) atoms. The third-order valence-corrected chi connectivity index (χ3v) is 1.28. The minimum atomic E-state index is -0.658. The van der Waals surface area contributed by atoms with Crippen molar-refractivity contribution < 1.29 is 9.53 Å². The molecule has 0 fully saturated rings. The highest BCUT2D eigenvalue weighted by Crippen LogP contribution is 1.90. The molecule has 68 valence electrons. The zero-order valence-electron chi connectivity index (χ0n) is 7.25. The summed E-state index contributed by atoms with van der Waals surface area (Å²) in [6, 6.07) is 1.45. The Labute approximate surface area is 72.7 Å². The molecule has 0 rings (SSSR count). The van der Waals surface area contributed by atoms with Gasteiger partial charge >= 0.3 is 6.03 Å². The van der Waals surface area contributed by atoms with Gasteiger partial charge in [0.15, 0.2) is 0 Å². The van der Waals surface area contributed by atoms with E-state index in [9.17, 15) is 4.79 Å². The number of ether oxygens (including phenoxy) is 1. The number of primary amides is 1. The summed E-state index contributed by atoms with van der Waals surface area (Å²) in [6.07, 6.45) is 6.99. The summed E-state index contributed by atoms with van der Waals surface area (Å²) >= 11 is 0. The second kappa shape index (κ2) is 6.50. The molecule has 0 atom stereocenters. The molecule has 0 saturated heterocycles. The van der Waals surface area contributed by atoms with Crippen molar-refractivity contribution >= 4 is 6.03 Å². The molecule has 4 nitrogen and oxygen atoms in total. The van der Waals surface area contributed by atoms with Crippen molar-refractivity contribution in [1.29, 1.82) is 0 Å². The van der Waals surface area contributed by atoms with Crippen molar-refractivity contribution in [1.82, 2.24) is 4.90 Å². The number of urea groups is 1. The van der Waals surface area contributed by atoms with Crippen LogP contribution in [0.1, 0.15) is 19.8 Å². The van der Waals surface area contributed by atoms with E-state index >= 15 is 0 Å². The molecule has 0 heterocycles. The van der Waals surface area contributed by atoms with Gasteiger partial charge in [-0.15, -0.1) is 0 Å². The molecule has 2 amide bonds. The van der Waals surface area contributed by atoms with Crippen molar-refractivity contribution in [2.45, 2.75) is 19.8 Å². The topological polar surface area (TPSA) is 55.6 Å². The standard InChI is InChI=1S/C8H14N2O2/c1-3-5-6-12-7-10(4-2)8(9)11/h2H,3,5-7H2,1H3,(H2,9,11). The summed E-state index contributed by atoms with van der Waals surface area (Å²) in [6.45, 7) is 2.73. The van der Waals surface area contributed by atoms with Crippen LogP contribution >= 0.6 is 0 Å². The van der Waals surface area contributed by atoms with Crippen LogP contribution in [0.4, 0.5) is 4.79 Å². The summed E-state index contributed by atoms with van der Waals surface area (Å²) in [5, 5.41) is 0. The maximum atomic E-state index is 10.5. The number of hydrogen-bond donors (Lipinski definition) is 1. The molecule has 0 aliphatic rings. The highest BCUT2D eigenvalue weighted by Gasteiger charge is 2.04. The number of terminal acetylenes is 1. The zero-order chi connectivity index (χ0) is 9.40. The summed E-state index contributed by atoms with van der Waals surface area (Å²) < 4.78 is 5.07. The Balaban J connectivity index is 3.47. The Kier molecular flexibility index (Phi) is 5.84. The Morgan fingerprint density at radius 1 is 1.75 bits per heavy atom. The van der Waals surface area contributed by atoms with E-state index in [0.29, 0.717) is 6.61 Å². The molecule has 0 aromatic rings. The van der Waals surface area contributed by atoms with Gasteiger partial charge in [0.2, 0.25) is 0 Å². The normalized spacial score (nSPS) is 9.00. The highest BCUT2D eigenvalue weighted by molar-refractivity contribution is 5.73. The monoisotopic (exact) mass is 170 g/mol. The Hall–Kier alpha value is -1.21. The fourth-order valence-corrected chi connectivity index (χ4v) is 0.567. The molecule has 0 saturated carbocycles.